The normalized spacial score (nSPS) is 10.9. The molecule has 1 amide bonds. The van der Waals surface area contributed by atoms with Crippen LogP contribution in [0.25, 0.3) is 11.0 Å². The Hall–Kier alpha value is -2.21. The lowest BCUT2D eigenvalue weighted by Gasteiger charge is -2.02. The highest BCUT2D eigenvalue weighted by Gasteiger charge is 2.08. The van der Waals surface area contributed by atoms with Gasteiger partial charge in [0.2, 0.25) is 5.91 Å². The average Bonchev–Trinajstić information content (AvgIpc) is 2.96. The summed E-state index contributed by atoms with van der Waals surface area (Å²) in [7, 11) is 1.95. The number of anilines is 1. The van der Waals surface area contributed by atoms with Crippen molar-refractivity contribution in [2.45, 2.75) is 13.3 Å². The van der Waals surface area contributed by atoms with Gasteiger partial charge < -0.3 is 9.88 Å². The lowest BCUT2D eigenvalue weighted by atomic mass is 10.1. The molecule has 0 aliphatic rings. The van der Waals surface area contributed by atoms with Crippen LogP contribution in [0, 0.1) is 6.92 Å². The van der Waals surface area contributed by atoms with Gasteiger partial charge in [0.15, 0.2) is 5.13 Å². The van der Waals surface area contributed by atoms with E-state index in [0.717, 1.165) is 22.3 Å². The fourth-order valence-corrected chi connectivity index (χ4v) is 2.76. The Bertz CT molecular complexity index is 774. The summed E-state index contributed by atoms with van der Waals surface area (Å²) in [6.07, 6.45) is 2.10. The Balaban J connectivity index is 1.73. The van der Waals surface area contributed by atoms with Gasteiger partial charge in [0.1, 0.15) is 0 Å². The monoisotopic (exact) mass is 286 g/mol. The van der Waals surface area contributed by atoms with Crippen molar-refractivity contribution in [1.82, 2.24) is 14.5 Å². The molecule has 1 aromatic carbocycles. The van der Waals surface area contributed by atoms with Gasteiger partial charge in [-0.1, -0.05) is 6.07 Å². The van der Waals surface area contributed by atoms with E-state index in [1.54, 1.807) is 6.33 Å². The fourth-order valence-electron chi connectivity index (χ4n) is 2.05. The number of carbonyl (C=O) groups is 1. The molecular weight excluding hydrogens is 272 g/mol. The van der Waals surface area contributed by atoms with Crippen LogP contribution in [0.2, 0.25) is 0 Å². The summed E-state index contributed by atoms with van der Waals surface area (Å²) in [5, 5.41) is 5.36. The van der Waals surface area contributed by atoms with Crippen LogP contribution in [0.5, 0.6) is 0 Å². The average molecular weight is 286 g/mol. The fraction of sp³-hybridized carbons (Fsp3) is 0.214. The standard InChI is InChI=1S/C14H14N4OS/c1-9-7-20-14(16-9)17-13(19)6-10-3-4-12-11(5-10)15-8-18(12)2/h3-5,7-8H,6H2,1-2H3,(H,16,17,19). The summed E-state index contributed by atoms with van der Waals surface area (Å²) < 4.78 is 1.96. The second kappa shape index (κ2) is 5.05. The third-order valence-electron chi connectivity index (χ3n) is 3.02. The molecule has 3 aromatic rings. The highest BCUT2D eigenvalue weighted by Crippen LogP contribution is 2.17. The lowest BCUT2D eigenvalue weighted by Crippen LogP contribution is -2.14. The van der Waals surface area contributed by atoms with Crippen LogP contribution < -0.4 is 5.32 Å². The molecule has 2 aromatic heterocycles. The number of rotatable bonds is 3. The van der Waals surface area contributed by atoms with Gasteiger partial charge >= 0.3 is 0 Å². The third kappa shape index (κ3) is 2.55. The Labute approximate surface area is 120 Å². The first kappa shape index (κ1) is 12.8. The van der Waals surface area contributed by atoms with E-state index >= 15 is 0 Å². The topological polar surface area (TPSA) is 59.8 Å². The maximum absolute atomic E-state index is 12.0. The van der Waals surface area contributed by atoms with Crippen molar-refractivity contribution < 1.29 is 4.79 Å². The van der Waals surface area contributed by atoms with Crippen LogP contribution in [-0.2, 0) is 18.3 Å². The number of hydrogen-bond acceptors (Lipinski definition) is 4. The SMILES string of the molecule is Cc1csc(NC(=O)Cc2ccc3c(c2)ncn3C)n1. The number of fused-ring (bicyclic) bond motifs is 1. The molecule has 6 heteroatoms. The molecule has 0 unspecified atom stereocenters. The number of aromatic nitrogens is 3. The van der Waals surface area contributed by atoms with Crippen molar-refractivity contribution in [3.63, 3.8) is 0 Å². The molecule has 102 valence electrons. The van der Waals surface area contributed by atoms with Gasteiger partial charge in [-0.2, -0.15) is 0 Å². The molecule has 0 atom stereocenters. The first-order chi connectivity index (χ1) is 9.61. The number of hydrogen-bond donors (Lipinski definition) is 1. The third-order valence-corrected chi connectivity index (χ3v) is 3.90. The van der Waals surface area contributed by atoms with Gasteiger partial charge in [0.25, 0.3) is 0 Å². The van der Waals surface area contributed by atoms with Crippen molar-refractivity contribution in [1.29, 1.82) is 0 Å². The van der Waals surface area contributed by atoms with Gasteiger partial charge in [0, 0.05) is 12.4 Å². The minimum absolute atomic E-state index is 0.0605. The molecule has 0 radical (unpaired) electrons. The van der Waals surface area contributed by atoms with E-state index < -0.39 is 0 Å². The highest BCUT2D eigenvalue weighted by atomic mass is 32.1. The second-order valence-corrected chi connectivity index (χ2v) is 5.56. The van der Waals surface area contributed by atoms with Gasteiger partial charge in [-0.3, -0.25) is 4.79 Å². The number of thiazole rings is 1. The smallest absolute Gasteiger partial charge is 0.230 e. The van der Waals surface area contributed by atoms with Crippen molar-refractivity contribution in [3.05, 3.63) is 41.2 Å². The number of aryl methyl sites for hydroxylation is 2. The minimum atomic E-state index is -0.0605. The summed E-state index contributed by atoms with van der Waals surface area (Å²) in [5.74, 6) is -0.0605. The quantitative estimate of drug-likeness (QED) is 0.805. The molecule has 0 aliphatic heterocycles. The summed E-state index contributed by atoms with van der Waals surface area (Å²) in [5.41, 5.74) is 3.83. The molecule has 0 aliphatic carbocycles. The number of imidazole rings is 1. The molecule has 0 saturated carbocycles. The van der Waals surface area contributed by atoms with Crippen LogP contribution in [0.4, 0.5) is 5.13 Å². The molecule has 0 saturated heterocycles. The Morgan fingerprint density at radius 1 is 1.45 bits per heavy atom. The van der Waals surface area contributed by atoms with Gasteiger partial charge in [0.05, 0.1) is 29.5 Å². The summed E-state index contributed by atoms with van der Waals surface area (Å²) in [6.45, 7) is 1.90. The summed E-state index contributed by atoms with van der Waals surface area (Å²) in [4.78, 5) is 20.5. The van der Waals surface area contributed by atoms with Crippen LogP contribution in [-0.4, -0.2) is 20.4 Å². The molecule has 0 bridgehead atoms. The number of nitrogens with zero attached hydrogens (tertiary/aromatic N) is 3. The molecule has 20 heavy (non-hydrogen) atoms. The lowest BCUT2D eigenvalue weighted by molar-refractivity contribution is -0.115. The van der Waals surface area contributed by atoms with E-state index in [2.05, 4.69) is 15.3 Å². The van der Waals surface area contributed by atoms with Gasteiger partial charge in [-0.15, -0.1) is 11.3 Å². The minimum Gasteiger partial charge on any atom is -0.334 e. The molecule has 0 fully saturated rings. The summed E-state index contributed by atoms with van der Waals surface area (Å²) >= 11 is 1.44. The Kier molecular flexibility index (Phi) is 3.23. The van der Waals surface area contributed by atoms with Crippen LogP contribution >= 0.6 is 11.3 Å². The van der Waals surface area contributed by atoms with Crippen LogP contribution in [0.3, 0.4) is 0 Å². The van der Waals surface area contributed by atoms with E-state index in [1.807, 2.05) is 42.1 Å². The zero-order valence-electron chi connectivity index (χ0n) is 11.3. The number of carbonyl (C=O) groups excluding carboxylic acids is 1. The predicted octanol–water partition coefficient (Wildman–Crippen LogP) is 2.52. The first-order valence-electron chi connectivity index (χ1n) is 6.24. The van der Waals surface area contributed by atoms with Gasteiger partial charge in [-0.05, 0) is 24.6 Å². The maximum Gasteiger partial charge on any atom is 0.230 e. The summed E-state index contributed by atoms with van der Waals surface area (Å²) in [6, 6.07) is 5.89. The Morgan fingerprint density at radius 2 is 2.30 bits per heavy atom. The van der Waals surface area contributed by atoms with E-state index in [0.29, 0.717) is 11.6 Å². The molecule has 0 spiro atoms. The van der Waals surface area contributed by atoms with Crippen molar-refractivity contribution in [2.75, 3.05) is 5.32 Å². The first-order valence-corrected chi connectivity index (χ1v) is 7.12. The largest absolute Gasteiger partial charge is 0.334 e. The van der Waals surface area contributed by atoms with Crippen molar-refractivity contribution >= 4 is 33.4 Å². The van der Waals surface area contributed by atoms with E-state index in [9.17, 15) is 4.79 Å². The molecule has 2 heterocycles. The molecule has 5 nitrogen and oxygen atoms in total. The zero-order chi connectivity index (χ0) is 14.1. The zero-order valence-corrected chi connectivity index (χ0v) is 12.1. The van der Waals surface area contributed by atoms with Crippen LogP contribution in [0.15, 0.2) is 29.9 Å². The highest BCUT2D eigenvalue weighted by molar-refractivity contribution is 7.13. The van der Waals surface area contributed by atoms with E-state index in [4.69, 9.17) is 0 Å². The van der Waals surface area contributed by atoms with Crippen LogP contribution in [0.1, 0.15) is 11.3 Å². The molecular formula is C14H14N4OS. The predicted molar refractivity (Wildman–Crippen MR) is 79.9 cm³/mol. The number of amides is 1. The van der Waals surface area contributed by atoms with Gasteiger partial charge in [-0.25, -0.2) is 9.97 Å². The second-order valence-electron chi connectivity index (χ2n) is 4.70. The van der Waals surface area contributed by atoms with E-state index in [1.165, 1.54) is 11.3 Å². The van der Waals surface area contributed by atoms with E-state index in [-0.39, 0.29) is 5.91 Å². The molecule has 3 rings (SSSR count). The maximum atomic E-state index is 12.0. The Morgan fingerprint density at radius 3 is 3.05 bits per heavy atom. The number of benzene rings is 1. The number of nitrogens with one attached hydrogen (secondary N) is 1. The van der Waals surface area contributed by atoms with Crippen molar-refractivity contribution in [3.8, 4) is 0 Å². The molecule has 1 N–H and O–H groups in total. The van der Waals surface area contributed by atoms with Crippen molar-refractivity contribution in [2.24, 2.45) is 7.05 Å².